The van der Waals surface area contributed by atoms with E-state index in [-0.39, 0.29) is 5.91 Å². The Bertz CT molecular complexity index is 929. The molecule has 0 N–H and O–H groups in total. The third-order valence-electron chi connectivity index (χ3n) is 4.14. The second-order valence-corrected chi connectivity index (χ2v) is 5.53. The summed E-state index contributed by atoms with van der Waals surface area (Å²) in [4.78, 5) is 23.3. The number of likely N-dealkylation sites (N-methyl/N-ethyl adjacent to an activating group) is 1. The van der Waals surface area contributed by atoms with Gasteiger partial charge >= 0.3 is 0 Å². The van der Waals surface area contributed by atoms with Crippen molar-refractivity contribution in [1.29, 1.82) is 0 Å². The molecule has 1 amide bonds. The Kier molecular flexibility index (Phi) is 3.15. The van der Waals surface area contributed by atoms with Crippen molar-refractivity contribution in [2.24, 2.45) is 4.99 Å². The van der Waals surface area contributed by atoms with Gasteiger partial charge in [0.25, 0.3) is 5.91 Å². The highest BCUT2D eigenvalue weighted by Crippen LogP contribution is 2.31. The van der Waals surface area contributed by atoms with Gasteiger partial charge in [0.2, 0.25) is 0 Å². The number of nitrogens with zero attached hydrogens (tertiary/aromatic N) is 3. The maximum atomic E-state index is 12.6. The number of pyridine rings is 1. The van der Waals surface area contributed by atoms with Gasteiger partial charge in [-0.3, -0.25) is 9.78 Å². The van der Waals surface area contributed by atoms with Crippen LogP contribution in [0, 0.1) is 0 Å². The lowest BCUT2D eigenvalue weighted by Crippen LogP contribution is -2.24. The molecule has 23 heavy (non-hydrogen) atoms. The third-order valence-corrected chi connectivity index (χ3v) is 4.14. The van der Waals surface area contributed by atoms with Gasteiger partial charge in [0.05, 0.1) is 11.2 Å². The maximum Gasteiger partial charge on any atom is 0.277 e. The fourth-order valence-electron chi connectivity index (χ4n) is 2.97. The Morgan fingerprint density at radius 2 is 2.09 bits per heavy atom. The lowest BCUT2D eigenvalue weighted by atomic mass is 10.1. The third kappa shape index (κ3) is 2.19. The number of allylic oxidation sites excluding steroid dienone is 4. The van der Waals surface area contributed by atoms with E-state index in [1.807, 2.05) is 54.6 Å². The summed E-state index contributed by atoms with van der Waals surface area (Å²) in [6.45, 7) is 0. The zero-order valence-electron chi connectivity index (χ0n) is 12.7. The molecule has 0 unspecified atom stereocenters. The van der Waals surface area contributed by atoms with Crippen molar-refractivity contribution in [2.75, 3.05) is 7.05 Å². The number of aliphatic imine (C=N–C) groups is 1. The van der Waals surface area contributed by atoms with Gasteiger partial charge < -0.3 is 4.90 Å². The predicted octanol–water partition coefficient (Wildman–Crippen LogP) is 3.55. The quantitative estimate of drug-likeness (QED) is 0.808. The van der Waals surface area contributed by atoms with Crippen LogP contribution < -0.4 is 0 Å². The number of aromatic nitrogens is 1. The number of carbonyl (C=O) groups is 1. The molecule has 1 aliphatic heterocycles. The second kappa shape index (κ2) is 5.32. The van der Waals surface area contributed by atoms with Crippen molar-refractivity contribution in [1.82, 2.24) is 9.88 Å². The summed E-state index contributed by atoms with van der Waals surface area (Å²) >= 11 is 0. The van der Waals surface area contributed by atoms with E-state index in [1.165, 1.54) is 0 Å². The number of amides is 1. The van der Waals surface area contributed by atoms with Gasteiger partial charge in [-0.15, -0.1) is 0 Å². The van der Waals surface area contributed by atoms with E-state index in [0.29, 0.717) is 12.1 Å². The monoisotopic (exact) mass is 301 g/mol. The van der Waals surface area contributed by atoms with Crippen molar-refractivity contribution in [3.63, 3.8) is 0 Å². The first-order valence-corrected chi connectivity index (χ1v) is 7.53. The molecule has 4 heteroatoms. The predicted molar refractivity (Wildman–Crippen MR) is 91.5 cm³/mol. The summed E-state index contributed by atoms with van der Waals surface area (Å²) in [6, 6.07) is 9.65. The molecule has 2 aromatic rings. The number of benzene rings is 1. The lowest BCUT2D eigenvalue weighted by molar-refractivity contribution is -0.120. The van der Waals surface area contributed by atoms with Crippen LogP contribution in [0.5, 0.6) is 0 Å². The van der Waals surface area contributed by atoms with Crippen LogP contribution in [0.1, 0.15) is 6.42 Å². The van der Waals surface area contributed by atoms with E-state index >= 15 is 0 Å². The number of rotatable bonds is 1. The minimum Gasteiger partial charge on any atom is -0.310 e. The average Bonchev–Trinajstić information content (AvgIpc) is 2.77. The van der Waals surface area contributed by atoms with Gasteiger partial charge in [0.15, 0.2) is 0 Å². The van der Waals surface area contributed by atoms with Crippen LogP contribution in [-0.2, 0) is 4.79 Å². The summed E-state index contributed by atoms with van der Waals surface area (Å²) in [5, 5.41) is 0.951. The van der Waals surface area contributed by atoms with Crippen LogP contribution >= 0.6 is 0 Å². The Morgan fingerprint density at radius 3 is 3.00 bits per heavy atom. The molecule has 2 heterocycles. The lowest BCUT2D eigenvalue weighted by Gasteiger charge is -2.09. The van der Waals surface area contributed by atoms with Gasteiger partial charge in [-0.2, -0.15) is 0 Å². The van der Waals surface area contributed by atoms with Crippen LogP contribution in [0.3, 0.4) is 0 Å². The normalized spacial score (nSPS) is 18.9. The Labute approximate surface area is 134 Å². The minimum atomic E-state index is -0.0594. The fourth-order valence-corrected chi connectivity index (χ4v) is 2.97. The van der Waals surface area contributed by atoms with Gasteiger partial charge in [-0.25, -0.2) is 4.99 Å². The topological polar surface area (TPSA) is 45.6 Å². The number of carbonyl (C=O) groups excluding carboxylic acids is 1. The standard InChI is InChI=1S/C19H15N3O/c1-22-17-11-4-2-3-7-14(17)18(19(22)23)21-16-10-5-9-15-13(16)8-6-12-20-15/h2-6,8-12H,7H2,1H3. The molecule has 0 atom stereocenters. The molecule has 0 bridgehead atoms. The van der Waals surface area contributed by atoms with Gasteiger partial charge in [0, 0.05) is 29.9 Å². The highest BCUT2D eigenvalue weighted by Gasteiger charge is 2.32. The molecule has 1 aromatic carbocycles. The molecule has 0 radical (unpaired) electrons. The van der Waals surface area contributed by atoms with Gasteiger partial charge in [-0.05, 0) is 36.8 Å². The average molecular weight is 301 g/mol. The molecule has 0 fully saturated rings. The molecule has 2 aliphatic rings. The molecule has 0 saturated heterocycles. The molecule has 112 valence electrons. The highest BCUT2D eigenvalue weighted by molar-refractivity contribution is 6.48. The number of hydrogen-bond donors (Lipinski definition) is 0. The first-order valence-electron chi connectivity index (χ1n) is 7.53. The molecule has 0 spiro atoms. The first kappa shape index (κ1) is 13.6. The van der Waals surface area contributed by atoms with E-state index < -0.39 is 0 Å². The summed E-state index contributed by atoms with van der Waals surface area (Å²) in [5.74, 6) is -0.0594. The van der Waals surface area contributed by atoms with Crippen molar-refractivity contribution < 1.29 is 4.79 Å². The molecule has 1 aliphatic carbocycles. The molecule has 1 aromatic heterocycles. The molecule has 4 nitrogen and oxygen atoms in total. The van der Waals surface area contributed by atoms with Gasteiger partial charge in [-0.1, -0.05) is 24.3 Å². The molecule has 0 saturated carbocycles. The summed E-state index contributed by atoms with van der Waals surface area (Å²) in [5.41, 5.74) is 4.08. The largest absolute Gasteiger partial charge is 0.310 e. The summed E-state index contributed by atoms with van der Waals surface area (Å²) in [6.07, 6.45) is 10.4. The Balaban J connectivity index is 1.90. The zero-order chi connectivity index (χ0) is 15.8. The maximum absolute atomic E-state index is 12.6. The number of hydrogen-bond acceptors (Lipinski definition) is 3. The minimum absolute atomic E-state index is 0.0594. The van der Waals surface area contributed by atoms with Crippen LogP contribution in [0.4, 0.5) is 5.69 Å². The van der Waals surface area contributed by atoms with Crippen LogP contribution in [0.15, 0.2) is 77.1 Å². The van der Waals surface area contributed by atoms with Crippen molar-refractivity contribution in [3.8, 4) is 0 Å². The van der Waals surface area contributed by atoms with E-state index in [4.69, 9.17) is 4.99 Å². The van der Waals surface area contributed by atoms with Crippen LogP contribution in [-0.4, -0.2) is 28.6 Å². The first-order chi connectivity index (χ1) is 11.3. The SMILES string of the molecule is CN1C(=O)C(=Nc2cccc3ncccc23)C2=C1C=CC=CC2. The van der Waals surface area contributed by atoms with E-state index in [1.54, 1.807) is 18.1 Å². The highest BCUT2D eigenvalue weighted by atomic mass is 16.2. The molecule has 4 rings (SSSR count). The summed E-state index contributed by atoms with van der Waals surface area (Å²) in [7, 11) is 1.79. The van der Waals surface area contributed by atoms with Crippen molar-refractivity contribution in [2.45, 2.75) is 6.42 Å². The zero-order valence-corrected chi connectivity index (χ0v) is 12.7. The Hall–Kier alpha value is -3.01. The van der Waals surface area contributed by atoms with E-state index in [0.717, 1.165) is 27.9 Å². The smallest absolute Gasteiger partial charge is 0.277 e. The van der Waals surface area contributed by atoms with Crippen molar-refractivity contribution >= 4 is 28.2 Å². The second-order valence-electron chi connectivity index (χ2n) is 5.53. The van der Waals surface area contributed by atoms with Crippen molar-refractivity contribution in [3.05, 3.63) is 72.1 Å². The van der Waals surface area contributed by atoms with E-state index in [9.17, 15) is 4.79 Å². The summed E-state index contributed by atoms with van der Waals surface area (Å²) < 4.78 is 0. The molecular formula is C19H15N3O. The van der Waals surface area contributed by atoms with Crippen LogP contribution in [0.25, 0.3) is 10.9 Å². The number of fused-ring (bicyclic) bond motifs is 1. The van der Waals surface area contributed by atoms with Crippen LogP contribution in [0.2, 0.25) is 0 Å². The molecular weight excluding hydrogens is 286 g/mol. The van der Waals surface area contributed by atoms with E-state index in [2.05, 4.69) is 4.98 Å². The fraction of sp³-hybridized carbons (Fsp3) is 0.105. The van der Waals surface area contributed by atoms with Gasteiger partial charge in [0.1, 0.15) is 5.71 Å². The Morgan fingerprint density at radius 1 is 1.17 bits per heavy atom.